The molecule has 1 aliphatic heterocycles. The van der Waals surface area contributed by atoms with Crippen molar-refractivity contribution >= 4 is 11.8 Å². The van der Waals surface area contributed by atoms with Gasteiger partial charge in [0.1, 0.15) is 5.82 Å². The number of amides is 2. The van der Waals surface area contributed by atoms with Gasteiger partial charge in [0.2, 0.25) is 5.91 Å². The zero-order valence-corrected chi connectivity index (χ0v) is 12.4. The van der Waals surface area contributed by atoms with E-state index in [-0.39, 0.29) is 29.0 Å². The summed E-state index contributed by atoms with van der Waals surface area (Å²) in [5, 5.41) is 0. The van der Waals surface area contributed by atoms with E-state index in [1.165, 1.54) is 23.1 Å². The van der Waals surface area contributed by atoms with Gasteiger partial charge in [0, 0.05) is 18.5 Å². The lowest BCUT2D eigenvalue weighted by atomic mass is 9.80. The van der Waals surface area contributed by atoms with Crippen molar-refractivity contribution in [3.8, 4) is 0 Å². The van der Waals surface area contributed by atoms with Gasteiger partial charge in [-0.2, -0.15) is 0 Å². The van der Waals surface area contributed by atoms with Gasteiger partial charge in [0.05, 0.1) is 0 Å². The second-order valence-electron chi connectivity index (χ2n) is 6.54. The quantitative estimate of drug-likeness (QED) is 0.739. The van der Waals surface area contributed by atoms with Gasteiger partial charge in [-0.05, 0) is 42.0 Å². The SMILES string of the molecule is Cc1cc(F)ccc1C(=O)N1CC(C(C)(C)C)CC1=O. The average Bonchev–Trinajstić information content (AvgIpc) is 2.70. The molecule has 4 heteroatoms. The number of hydrogen-bond acceptors (Lipinski definition) is 2. The first kappa shape index (κ1) is 14.7. The van der Waals surface area contributed by atoms with E-state index in [1.807, 2.05) is 0 Å². The molecule has 0 bridgehead atoms. The topological polar surface area (TPSA) is 37.4 Å². The summed E-state index contributed by atoms with van der Waals surface area (Å²) < 4.78 is 13.1. The summed E-state index contributed by atoms with van der Waals surface area (Å²) in [5.41, 5.74) is 0.944. The van der Waals surface area contributed by atoms with E-state index in [1.54, 1.807) is 6.92 Å². The molecule has 1 aliphatic rings. The molecule has 1 heterocycles. The van der Waals surface area contributed by atoms with Crippen LogP contribution >= 0.6 is 0 Å². The maximum absolute atomic E-state index is 13.1. The number of carbonyl (C=O) groups excluding carboxylic acids is 2. The van der Waals surface area contributed by atoms with Crippen LogP contribution in [0.2, 0.25) is 0 Å². The Labute approximate surface area is 118 Å². The van der Waals surface area contributed by atoms with Crippen LogP contribution < -0.4 is 0 Å². The molecule has 2 amide bonds. The van der Waals surface area contributed by atoms with Gasteiger partial charge >= 0.3 is 0 Å². The number of imide groups is 1. The molecular formula is C16H20FNO2. The zero-order valence-electron chi connectivity index (χ0n) is 12.4. The molecule has 0 radical (unpaired) electrons. The van der Waals surface area contributed by atoms with Crippen molar-refractivity contribution in [1.29, 1.82) is 0 Å². The summed E-state index contributed by atoms with van der Waals surface area (Å²) in [5.74, 6) is -0.669. The molecule has 1 fully saturated rings. The molecule has 0 aromatic heterocycles. The van der Waals surface area contributed by atoms with E-state index in [9.17, 15) is 14.0 Å². The van der Waals surface area contributed by atoms with Crippen LogP contribution in [0.5, 0.6) is 0 Å². The molecule has 1 unspecified atom stereocenters. The molecule has 0 N–H and O–H groups in total. The van der Waals surface area contributed by atoms with Gasteiger partial charge in [0.25, 0.3) is 5.91 Å². The average molecular weight is 277 g/mol. The molecule has 0 aliphatic carbocycles. The monoisotopic (exact) mass is 277 g/mol. The first-order valence-corrected chi connectivity index (χ1v) is 6.81. The molecule has 0 saturated carbocycles. The lowest BCUT2D eigenvalue weighted by Crippen LogP contribution is -2.34. The Hall–Kier alpha value is -1.71. The van der Waals surface area contributed by atoms with Crippen molar-refractivity contribution in [2.75, 3.05) is 6.54 Å². The van der Waals surface area contributed by atoms with Crippen LogP contribution in [0.3, 0.4) is 0 Å². The van der Waals surface area contributed by atoms with E-state index in [0.29, 0.717) is 24.1 Å². The molecule has 108 valence electrons. The van der Waals surface area contributed by atoms with Crippen molar-refractivity contribution in [3.05, 3.63) is 35.1 Å². The lowest BCUT2D eigenvalue weighted by Gasteiger charge is -2.26. The Morgan fingerprint density at radius 3 is 2.50 bits per heavy atom. The minimum Gasteiger partial charge on any atom is -0.278 e. The van der Waals surface area contributed by atoms with E-state index >= 15 is 0 Å². The van der Waals surface area contributed by atoms with Crippen LogP contribution in [0.25, 0.3) is 0 Å². The highest BCUT2D eigenvalue weighted by Crippen LogP contribution is 2.35. The van der Waals surface area contributed by atoms with Crippen molar-refractivity contribution in [2.45, 2.75) is 34.1 Å². The molecule has 20 heavy (non-hydrogen) atoms. The molecular weight excluding hydrogens is 257 g/mol. The predicted molar refractivity (Wildman–Crippen MR) is 74.7 cm³/mol. The molecule has 3 nitrogen and oxygen atoms in total. The lowest BCUT2D eigenvalue weighted by molar-refractivity contribution is -0.125. The predicted octanol–water partition coefficient (Wildman–Crippen LogP) is 3.17. The number of aryl methyl sites for hydroxylation is 1. The Balaban J connectivity index is 2.24. The van der Waals surface area contributed by atoms with E-state index < -0.39 is 0 Å². The fraction of sp³-hybridized carbons (Fsp3) is 0.500. The summed E-state index contributed by atoms with van der Waals surface area (Å²) in [6.45, 7) is 8.34. The van der Waals surface area contributed by atoms with Crippen LogP contribution in [0, 0.1) is 24.1 Å². The Kier molecular flexibility index (Phi) is 3.67. The highest BCUT2D eigenvalue weighted by Gasteiger charge is 2.40. The van der Waals surface area contributed by atoms with Gasteiger partial charge < -0.3 is 0 Å². The van der Waals surface area contributed by atoms with Gasteiger partial charge in [-0.15, -0.1) is 0 Å². The summed E-state index contributed by atoms with van der Waals surface area (Å²) in [6, 6.07) is 4.02. The molecule has 1 saturated heterocycles. The van der Waals surface area contributed by atoms with Crippen molar-refractivity contribution < 1.29 is 14.0 Å². The van der Waals surface area contributed by atoms with Crippen LogP contribution in [-0.4, -0.2) is 23.3 Å². The number of benzene rings is 1. The third-order valence-corrected chi connectivity index (χ3v) is 4.01. The van der Waals surface area contributed by atoms with Crippen molar-refractivity contribution in [2.24, 2.45) is 11.3 Å². The fourth-order valence-corrected chi connectivity index (χ4v) is 2.50. The maximum atomic E-state index is 13.1. The van der Waals surface area contributed by atoms with E-state index in [0.717, 1.165) is 0 Å². The third kappa shape index (κ3) is 2.74. The van der Waals surface area contributed by atoms with Crippen LogP contribution in [0.15, 0.2) is 18.2 Å². The largest absolute Gasteiger partial charge is 0.278 e. The molecule has 1 aromatic rings. The summed E-state index contributed by atoms with van der Waals surface area (Å²) >= 11 is 0. The summed E-state index contributed by atoms with van der Waals surface area (Å²) in [6.07, 6.45) is 0.398. The number of likely N-dealkylation sites (tertiary alicyclic amines) is 1. The number of halogens is 1. The van der Waals surface area contributed by atoms with E-state index in [4.69, 9.17) is 0 Å². The molecule has 0 spiro atoms. The van der Waals surface area contributed by atoms with Crippen LogP contribution in [0.1, 0.15) is 43.1 Å². The number of carbonyl (C=O) groups is 2. The first-order chi connectivity index (χ1) is 9.20. The maximum Gasteiger partial charge on any atom is 0.260 e. The number of hydrogen-bond donors (Lipinski definition) is 0. The van der Waals surface area contributed by atoms with Crippen LogP contribution in [-0.2, 0) is 4.79 Å². The van der Waals surface area contributed by atoms with Crippen molar-refractivity contribution in [1.82, 2.24) is 4.90 Å². The minimum absolute atomic E-state index is 0.0114. The number of rotatable bonds is 1. The third-order valence-electron chi connectivity index (χ3n) is 4.01. The van der Waals surface area contributed by atoms with Gasteiger partial charge in [-0.3, -0.25) is 14.5 Å². The highest BCUT2D eigenvalue weighted by molar-refractivity contribution is 6.06. The Morgan fingerprint density at radius 2 is 2.00 bits per heavy atom. The molecule has 2 rings (SSSR count). The van der Waals surface area contributed by atoms with E-state index in [2.05, 4.69) is 20.8 Å². The Morgan fingerprint density at radius 1 is 1.35 bits per heavy atom. The Bertz CT molecular complexity index is 560. The van der Waals surface area contributed by atoms with Crippen LogP contribution in [0.4, 0.5) is 4.39 Å². The molecule has 1 aromatic carbocycles. The smallest absolute Gasteiger partial charge is 0.260 e. The summed E-state index contributed by atoms with van der Waals surface area (Å²) in [7, 11) is 0. The second kappa shape index (κ2) is 5.00. The zero-order chi connectivity index (χ0) is 15.1. The fourth-order valence-electron chi connectivity index (χ4n) is 2.50. The van der Waals surface area contributed by atoms with Crippen molar-refractivity contribution in [3.63, 3.8) is 0 Å². The highest BCUT2D eigenvalue weighted by atomic mass is 19.1. The van der Waals surface area contributed by atoms with Gasteiger partial charge in [-0.1, -0.05) is 20.8 Å². The standard InChI is InChI=1S/C16H20FNO2/c1-10-7-12(17)5-6-13(10)15(20)18-9-11(8-14(18)19)16(2,3)4/h5-7,11H,8-9H2,1-4H3. The van der Waals surface area contributed by atoms with Gasteiger partial charge in [-0.25, -0.2) is 4.39 Å². The number of nitrogens with zero attached hydrogens (tertiary/aromatic N) is 1. The normalized spacial score (nSPS) is 19.6. The minimum atomic E-state index is -0.376. The summed E-state index contributed by atoms with van der Waals surface area (Å²) in [4.78, 5) is 25.8. The first-order valence-electron chi connectivity index (χ1n) is 6.81. The molecule has 1 atom stereocenters. The second-order valence-corrected chi connectivity index (χ2v) is 6.54. The van der Waals surface area contributed by atoms with Gasteiger partial charge in [0.15, 0.2) is 0 Å².